The normalized spacial score (nSPS) is 21.1. The fraction of sp³-hybridized carbons (Fsp3) is 0.400. The van der Waals surface area contributed by atoms with Crippen molar-refractivity contribution >= 4 is 23.3 Å². The molecule has 3 heterocycles. The molecule has 1 N–H and O–H groups in total. The first kappa shape index (κ1) is 18.1. The second-order valence-electron chi connectivity index (χ2n) is 7.09. The summed E-state index contributed by atoms with van der Waals surface area (Å²) < 4.78 is 0. The third-order valence-electron chi connectivity index (χ3n) is 5.37. The molecule has 0 spiro atoms. The van der Waals surface area contributed by atoms with Gasteiger partial charge in [-0.1, -0.05) is 23.7 Å². The van der Waals surface area contributed by atoms with Crippen molar-refractivity contribution in [3.63, 3.8) is 0 Å². The van der Waals surface area contributed by atoms with E-state index in [4.69, 9.17) is 11.6 Å². The van der Waals surface area contributed by atoms with Gasteiger partial charge in [-0.05, 0) is 36.2 Å². The first-order valence-corrected chi connectivity index (χ1v) is 9.65. The number of anilines is 1. The molecule has 1 amide bonds. The van der Waals surface area contributed by atoms with E-state index in [2.05, 4.69) is 14.8 Å². The summed E-state index contributed by atoms with van der Waals surface area (Å²) in [4.78, 5) is 23.6. The van der Waals surface area contributed by atoms with Crippen LogP contribution < -0.4 is 4.90 Å². The number of benzene rings is 1. The number of amides is 1. The smallest absolute Gasteiger partial charge is 0.240 e. The van der Waals surface area contributed by atoms with Crippen LogP contribution in [0.4, 0.5) is 5.82 Å². The Labute approximate surface area is 164 Å². The van der Waals surface area contributed by atoms with E-state index >= 15 is 0 Å². The molecule has 142 valence electrons. The van der Waals surface area contributed by atoms with E-state index in [0.717, 1.165) is 50.5 Å². The zero-order chi connectivity index (χ0) is 18.8. The highest BCUT2D eigenvalue weighted by Gasteiger charge is 2.37. The lowest BCUT2D eigenvalue weighted by atomic mass is 10.1. The van der Waals surface area contributed by atoms with E-state index in [9.17, 15) is 9.90 Å². The summed E-state index contributed by atoms with van der Waals surface area (Å²) in [6.45, 7) is 4.79. The molecule has 2 aromatic rings. The molecule has 0 unspecified atom stereocenters. The Morgan fingerprint density at radius 3 is 2.44 bits per heavy atom. The fourth-order valence-electron chi connectivity index (χ4n) is 3.86. The first-order valence-electron chi connectivity index (χ1n) is 9.27. The highest BCUT2D eigenvalue weighted by molar-refractivity contribution is 6.30. The molecule has 1 atom stereocenters. The molecule has 2 saturated heterocycles. The van der Waals surface area contributed by atoms with Crippen LogP contribution >= 0.6 is 11.6 Å². The number of rotatable bonds is 4. The summed E-state index contributed by atoms with van der Waals surface area (Å²) in [7, 11) is 0. The third-order valence-corrected chi connectivity index (χ3v) is 5.62. The van der Waals surface area contributed by atoms with E-state index in [0.29, 0.717) is 11.6 Å². The number of likely N-dealkylation sites (tertiary alicyclic amines) is 1. The number of aromatic nitrogens is 1. The van der Waals surface area contributed by atoms with Crippen molar-refractivity contribution in [2.45, 2.75) is 19.0 Å². The van der Waals surface area contributed by atoms with Crippen LogP contribution in [0.3, 0.4) is 0 Å². The van der Waals surface area contributed by atoms with Gasteiger partial charge in [0.15, 0.2) is 0 Å². The Kier molecular flexibility index (Phi) is 5.18. The van der Waals surface area contributed by atoms with Crippen LogP contribution in [0.2, 0.25) is 5.02 Å². The fourth-order valence-corrected chi connectivity index (χ4v) is 3.98. The van der Waals surface area contributed by atoms with Crippen molar-refractivity contribution in [2.24, 2.45) is 0 Å². The molecule has 0 radical (unpaired) electrons. The maximum atomic E-state index is 12.9. The molecule has 2 aliphatic heterocycles. The molecule has 6 nitrogen and oxygen atoms in total. The number of hydrogen-bond acceptors (Lipinski definition) is 5. The second-order valence-corrected chi connectivity index (χ2v) is 7.52. The number of halogens is 1. The number of carbonyl (C=O) groups excluding carboxylic acids is 1. The van der Waals surface area contributed by atoms with Crippen LogP contribution in [-0.4, -0.2) is 64.6 Å². The molecule has 1 aromatic carbocycles. The van der Waals surface area contributed by atoms with Gasteiger partial charge in [0.05, 0.1) is 12.2 Å². The maximum absolute atomic E-state index is 12.9. The van der Waals surface area contributed by atoms with Gasteiger partial charge < -0.3 is 14.9 Å². The minimum atomic E-state index is -0.0211. The first-order chi connectivity index (χ1) is 13.1. The van der Waals surface area contributed by atoms with E-state index in [1.54, 1.807) is 6.07 Å². The Bertz CT molecular complexity index is 789. The standard InChI is InChI=1S/C20H23ClN4O2/c21-16-3-1-15(2-4-16)14-25-8-7-18(20(25)27)23-9-11-24(12-10-23)19-6-5-17(26)13-22-19/h1-6,13,18,26H,7-12,14H2/t18-/m0/s1. The van der Waals surface area contributed by atoms with Crippen molar-refractivity contribution in [3.05, 3.63) is 53.2 Å². The van der Waals surface area contributed by atoms with Crippen LogP contribution in [0.25, 0.3) is 0 Å². The Balaban J connectivity index is 1.33. The zero-order valence-electron chi connectivity index (χ0n) is 15.1. The third kappa shape index (κ3) is 4.01. The number of piperazine rings is 1. The van der Waals surface area contributed by atoms with E-state index in [-0.39, 0.29) is 17.7 Å². The molecule has 0 bridgehead atoms. The molecule has 0 saturated carbocycles. The summed E-state index contributed by atoms with van der Waals surface area (Å²) in [5.74, 6) is 1.27. The van der Waals surface area contributed by atoms with Gasteiger partial charge in [-0.2, -0.15) is 0 Å². The number of carbonyl (C=O) groups is 1. The van der Waals surface area contributed by atoms with Gasteiger partial charge in [-0.3, -0.25) is 9.69 Å². The summed E-state index contributed by atoms with van der Waals surface area (Å²) in [5, 5.41) is 10.1. The minimum absolute atomic E-state index is 0.0211. The lowest BCUT2D eigenvalue weighted by Gasteiger charge is -2.37. The lowest BCUT2D eigenvalue weighted by Crippen LogP contribution is -2.52. The van der Waals surface area contributed by atoms with Gasteiger partial charge in [0.1, 0.15) is 11.6 Å². The Morgan fingerprint density at radius 1 is 1.04 bits per heavy atom. The average Bonchev–Trinajstić information content (AvgIpc) is 3.05. The van der Waals surface area contributed by atoms with Gasteiger partial charge in [-0.15, -0.1) is 0 Å². The monoisotopic (exact) mass is 386 g/mol. The van der Waals surface area contributed by atoms with E-state index < -0.39 is 0 Å². The number of pyridine rings is 1. The average molecular weight is 387 g/mol. The van der Waals surface area contributed by atoms with Crippen LogP contribution in [0.1, 0.15) is 12.0 Å². The minimum Gasteiger partial charge on any atom is -0.506 e. The molecule has 0 aliphatic carbocycles. The van der Waals surface area contributed by atoms with Crippen LogP contribution in [0.15, 0.2) is 42.6 Å². The van der Waals surface area contributed by atoms with Crippen LogP contribution in [0, 0.1) is 0 Å². The number of nitrogens with zero attached hydrogens (tertiary/aromatic N) is 4. The number of aromatic hydroxyl groups is 1. The van der Waals surface area contributed by atoms with Gasteiger partial charge in [0.2, 0.25) is 5.91 Å². The zero-order valence-corrected chi connectivity index (χ0v) is 15.8. The summed E-state index contributed by atoms with van der Waals surface area (Å²) >= 11 is 5.94. The molecule has 27 heavy (non-hydrogen) atoms. The summed E-state index contributed by atoms with van der Waals surface area (Å²) in [5.41, 5.74) is 1.11. The van der Waals surface area contributed by atoms with Crippen molar-refractivity contribution in [3.8, 4) is 5.75 Å². The second kappa shape index (κ2) is 7.74. The predicted molar refractivity (Wildman–Crippen MR) is 105 cm³/mol. The molecular formula is C20H23ClN4O2. The lowest BCUT2D eigenvalue weighted by molar-refractivity contribution is -0.132. The molecule has 2 fully saturated rings. The van der Waals surface area contributed by atoms with Crippen molar-refractivity contribution in [1.29, 1.82) is 0 Å². The topological polar surface area (TPSA) is 59.9 Å². The quantitative estimate of drug-likeness (QED) is 0.874. The Hall–Kier alpha value is -2.31. The predicted octanol–water partition coefficient (Wildman–Crippen LogP) is 2.36. The molecule has 1 aromatic heterocycles. The van der Waals surface area contributed by atoms with Crippen molar-refractivity contribution in [2.75, 3.05) is 37.6 Å². The van der Waals surface area contributed by atoms with Gasteiger partial charge in [0.25, 0.3) is 0 Å². The van der Waals surface area contributed by atoms with Gasteiger partial charge in [-0.25, -0.2) is 4.98 Å². The molecule has 4 rings (SSSR count). The summed E-state index contributed by atoms with van der Waals surface area (Å²) in [6, 6.07) is 11.2. The molecule has 7 heteroatoms. The summed E-state index contributed by atoms with van der Waals surface area (Å²) in [6.07, 6.45) is 2.35. The van der Waals surface area contributed by atoms with E-state index in [1.165, 1.54) is 6.20 Å². The number of hydrogen-bond donors (Lipinski definition) is 1. The molecular weight excluding hydrogens is 364 g/mol. The van der Waals surface area contributed by atoms with Gasteiger partial charge >= 0.3 is 0 Å². The Morgan fingerprint density at radius 2 is 1.78 bits per heavy atom. The molecule has 2 aliphatic rings. The highest BCUT2D eigenvalue weighted by Crippen LogP contribution is 2.23. The SMILES string of the molecule is O=C1[C@@H](N2CCN(c3ccc(O)cn3)CC2)CCN1Cc1ccc(Cl)cc1. The van der Waals surface area contributed by atoms with Crippen LogP contribution in [0.5, 0.6) is 5.75 Å². The van der Waals surface area contributed by atoms with Crippen LogP contribution in [-0.2, 0) is 11.3 Å². The van der Waals surface area contributed by atoms with Crippen molar-refractivity contribution in [1.82, 2.24) is 14.8 Å². The van der Waals surface area contributed by atoms with E-state index in [1.807, 2.05) is 35.2 Å². The van der Waals surface area contributed by atoms with Gasteiger partial charge in [0, 0.05) is 44.3 Å². The van der Waals surface area contributed by atoms with Crippen molar-refractivity contribution < 1.29 is 9.90 Å². The highest BCUT2D eigenvalue weighted by atomic mass is 35.5. The largest absolute Gasteiger partial charge is 0.506 e. The maximum Gasteiger partial charge on any atom is 0.240 e.